The van der Waals surface area contributed by atoms with Gasteiger partial charge in [0.2, 0.25) is 0 Å². The van der Waals surface area contributed by atoms with Crippen molar-refractivity contribution in [2.24, 2.45) is 13.0 Å². The monoisotopic (exact) mass is 493 g/mol. The Hall–Kier alpha value is -4.52. The Morgan fingerprint density at radius 1 is 1.03 bits per heavy atom. The predicted molar refractivity (Wildman–Crippen MR) is 142 cm³/mol. The predicted octanol–water partition coefficient (Wildman–Crippen LogP) is 4.81. The molecule has 1 aliphatic carbocycles. The number of nitrogens with zero attached hydrogens (tertiary/aromatic N) is 2. The number of carbonyl (C=O) groups excluding carboxylic acids is 3. The van der Waals surface area contributed by atoms with E-state index in [-0.39, 0.29) is 0 Å². The summed E-state index contributed by atoms with van der Waals surface area (Å²) in [5.74, 6) is -1.55. The zero-order chi connectivity index (χ0) is 25.9. The van der Waals surface area contributed by atoms with Crippen molar-refractivity contribution in [1.29, 1.82) is 0 Å². The van der Waals surface area contributed by atoms with E-state index in [2.05, 4.69) is 18.3 Å². The molecular weight excluding hydrogens is 466 g/mol. The van der Waals surface area contributed by atoms with E-state index in [9.17, 15) is 14.4 Å². The molecule has 0 aliphatic heterocycles. The Morgan fingerprint density at radius 3 is 2.54 bits per heavy atom. The molecule has 0 fully saturated rings. The lowest BCUT2D eigenvalue weighted by Crippen LogP contribution is -2.35. The maximum absolute atomic E-state index is 13.4. The van der Waals surface area contributed by atoms with Gasteiger partial charge in [-0.25, -0.2) is 9.78 Å². The van der Waals surface area contributed by atoms with Gasteiger partial charge in [0, 0.05) is 18.6 Å². The van der Waals surface area contributed by atoms with E-state index in [1.165, 1.54) is 0 Å². The Balaban J connectivity index is 1.46. The number of nitrogens with one attached hydrogen (secondary N) is 1. The molecule has 0 radical (unpaired) electrons. The molecule has 0 saturated heterocycles. The third kappa shape index (κ3) is 5.07. The number of ether oxygens (including phenoxy) is 1. The first-order valence-corrected chi connectivity index (χ1v) is 12.2. The highest BCUT2D eigenvalue weighted by Crippen LogP contribution is 2.38. The minimum Gasteiger partial charge on any atom is -0.452 e. The summed E-state index contributed by atoms with van der Waals surface area (Å²) in [4.78, 5) is 43.1. The quantitative estimate of drug-likeness (QED) is 0.403. The van der Waals surface area contributed by atoms with Crippen LogP contribution in [0.15, 0.2) is 72.9 Å². The SMILES string of the molecule is CC1C/C(=C\c2ccccc2)c2nc3ccccc3c(C(=O)OCC(=O)NC(=O)c3cccn3C)c2C1. The summed E-state index contributed by atoms with van der Waals surface area (Å²) < 4.78 is 7.05. The smallest absolute Gasteiger partial charge is 0.339 e. The first-order chi connectivity index (χ1) is 17.9. The molecule has 2 aromatic heterocycles. The van der Waals surface area contributed by atoms with Gasteiger partial charge < -0.3 is 9.30 Å². The number of pyridine rings is 1. The van der Waals surface area contributed by atoms with Crippen LogP contribution in [0.3, 0.4) is 0 Å². The molecule has 37 heavy (non-hydrogen) atoms. The van der Waals surface area contributed by atoms with Gasteiger partial charge in [0.1, 0.15) is 5.69 Å². The van der Waals surface area contributed by atoms with Crippen LogP contribution in [0.1, 0.15) is 51.0 Å². The fourth-order valence-corrected chi connectivity index (χ4v) is 4.85. The van der Waals surface area contributed by atoms with Crippen molar-refractivity contribution in [3.05, 3.63) is 101 Å². The number of allylic oxidation sites excluding steroid dienone is 1. The topological polar surface area (TPSA) is 90.3 Å². The van der Waals surface area contributed by atoms with Gasteiger partial charge in [-0.15, -0.1) is 0 Å². The largest absolute Gasteiger partial charge is 0.452 e. The van der Waals surface area contributed by atoms with Crippen molar-refractivity contribution in [2.75, 3.05) is 6.61 Å². The van der Waals surface area contributed by atoms with Gasteiger partial charge >= 0.3 is 5.97 Å². The lowest BCUT2D eigenvalue weighted by atomic mass is 9.80. The second-order valence-electron chi connectivity index (χ2n) is 9.38. The summed E-state index contributed by atoms with van der Waals surface area (Å²) in [5, 5.41) is 2.95. The van der Waals surface area contributed by atoms with Crippen LogP contribution >= 0.6 is 0 Å². The molecule has 2 heterocycles. The summed E-state index contributed by atoms with van der Waals surface area (Å²) in [5.41, 5.74) is 5.18. The average Bonchev–Trinajstić information content (AvgIpc) is 3.32. The Morgan fingerprint density at radius 2 is 1.78 bits per heavy atom. The fourth-order valence-electron chi connectivity index (χ4n) is 4.85. The van der Waals surface area contributed by atoms with Crippen LogP contribution in [0, 0.1) is 5.92 Å². The first kappa shape index (κ1) is 24.2. The van der Waals surface area contributed by atoms with Gasteiger partial charge in [0.15, 0.2) is 6.61 Å². The van der Waals surface area contributed by atoms with Crippen molar-refractivity contribution in [1.82, 2.24) is 14.9 Å². The lowest BCUT2D eigenvalue weighted by Gasteiger charge is -2.26. The van der Waals surface area contributed by atoms with Gasteiger partial charge in [0.05, 0.1) is 16.8 Å². The van der Waals surface area contributed by atoms with E-state index in [0.29, 0.717) is 34.5 Å². The Kier molecular flexibility index (Phi) is 6.68. The molecule has 7 heteroatoms. The number of aromatic nitrogens is 2. The van der Waals surface area contributed by atoms with Gasteiger partial charge in [-0.2, -0.15) is 0 Å². The minimum atomic E-state index is -0.690. The first-order valence-electron chi connectivity index (χ1n) is 12.2. The number of amides is 2. The summed E-state index contributed by atoms with van der Waals surface area (Å²) in [6.45, 7) is 1.58. The number of para-hydroxylation sites is 1. The number of rotatable bonds is 5. The standard InChI is InChI=1S/C30H27N3O4/c1-19-15-21(17-20-9-4-3-5-10-20)28-23(16-19)27(22-11-6-7-12-24(22)31-28)30(36)37-18-26(34)32-29(35)25-13-8-14-33(25)2/h3-14,17,19H,15-16,18H2,1-2H3,(H,32,34,35)/b21-17+. The lowest BCUT2D eigenvalue weighted by molar-refractivity contribution is -0.123. The molecule has 2 aromatic carbocycles. The molecule has 186 valence electrons. The van der Waals surface area contributed by atoms with Crippen molar-refractivity contribution < 1.29 is 19.1 Å². The number of benzene rings is 2. The van der Waals surface area contributed by atoms with Crippen LogP contribution in [0.25, 0.3) is 22.6 Å². The Labute approximate surface area is 214 Å². The second kappa shape index (κ2) is 10.2. The van der Waals surface area contributed by atoms with Gasteiger partial charge in [0.25, 0.3) is 11.8 Å². The summed E-state index contributed by atoms with van der Waals surface area (Å²) in [6.07, 6.45) is 5.33. The molecule has 0 spiro atoms. The highest BCUT2D eigenvalue weighted by Gasteiger charge is 2.29. The van der Waals surface area contributed by atoms with Crippen LogP contribution in [0.4, 0.5) is 0 Å². The van der Waals surface area contributed by atoms with Crippen LogP contribution < -0.4 is 5.32 Å². The van der Waals surface area contributed by atoms with Gasteiger partial charge in [-0.3, -0.25) is 14.9 Å². The third-order valence-electron chi connectivity index (χ3n) is 6.53. The van der Waals surface area contributed by atoms with E-state index in [1.807, 2.05) is 54.6 Å². The normalized spacial score (nSPS) is 15.8. The van der Waals surface area contributed by atoms with Gasteiger partial charge in [-0.1, -0.05) is 55.5 Å². The number of carbonyl (C=O) groups is 3. The fraction of sp³-hybridized carbons (Fsp3) is 0.200. The maximum Gasteiger partial charge on any atom is 0.339 e. The maximum atomic E-state index is 13.4. The summed E-state index contributed by atoms with van der Waals surface area (Å²) in [7, 11) is 1.71. The summed E-state index contributed by atoms with van der Waals surface area (Å²) >= 11 is 0. The van der Waals surface area contributed by atoms with Crippen molar-refractivity contribution >= 4 is 40.3 Å². The van der Waals surface area contributed by atoms with Gasteiger partial charge in [-0.05, 0) is 59.7 Å². The number of imide groups is 1. The number of hydrogen-bond donors (Lipinski definition) is 1. The second-order valence-corrected chi connectivity index (χ2v) is 9.38. The molecule has 1 aliphatic rings. The minimum absolute atomic E-state index is 0.295. The zero-order valence-electron chi connectivity index (χ0n) is 20.7. The molecule has 5 rings (SSSR count). The molecule has 1 unspecified atom stereocenters. The highest BCUT2D eigenvalue weighted by molar-refractivity contribution is 6.08. The molecule has 7 nitrogen and oxygen atoms in total. The molecule has 0 bridgehead atoms. The number of aryl methyl sites for hydroxylation is 1. The Bertz CT molecular complexity index is 1540. The van der Waals surface area contributed by atoms with Crippen molar-refractivity contribution in [3.8, 4) is 0 Å². The molecular formula is C30H27N3O4. The molecule has 2 amide bonds. The highest BCUT2D eigenvalue weighted by atomic mass is 16.5. The van der Waals surface area contributed by atoms with E-state index in [4.69, 9.17) is 9.72 Å². The molecule has 0 saturated carbocycles. The van der Waals surface area contributed by atoms with Crippen molar-refractivity contribution in [3.63, 3.8) is 0 Å². The van der Waals surface area contributed by atoms with Crippen LogP contribution in [0.5, 0.6) is 0 Å². The number of hydrogen-bond acceptors (Lipinski definition) is 5. The van der Waals surface area contributed by atoms with Crippen molar-refractivity contribution in [2.45, 2.75) is 19.8 Å². The zero-order valence-corrected chi connectivity index (χ0v) is 20.7. The number of esters is 1. The van der Waals surface area contributed by atoms with Crippen LogP contribution in [-0.2, 0) is 23.0 Å². The van der Waals surface area contributed by atoms with E-state index < -0.39 is 24.4 Å². The summed E-state index contributed by atoms with van der Waals surface area (Å²) in [6, 6.07) is 20.8. The van der Waals surface area contributed by atoms with E-state index >= 15 is 0 Å². The number of fused-ring (bicyclic) bond motifs is 2. The average molecular weight is 494 g/mol. The third-order valence-corrected chi connectivity index (χ3v) is 6.53. The van der Waals surface area contributed by atoms with E-state index in [0.717, 1.165) is 28.8 Å². The van der Waals surface area contributed by atoms with Crippen LogP contribution in [-0.4, -0.2) is 33.9 Å². The van der Waals surface area contributed by atoms with Crippen LogP contribution in [0.2, 0.25) is 0 Å². The molecule has 4 aromatic rings. The molecule has 1 N–H and O–H groups in total. The molecule has 1 atom stereocenters. The van der Waals surface area contributed by atoms with E-state index in [1.54, 1.807) is 29.9 Å².